The van der Waals surface area contributed by atoms with E-state index in [9.17, 15) is 9.59 Å². The van der Waals surface area contributed by atoms with Crippen LogP contribution in [0.5, 0.6) is 0 Å². The van der Waals surface area contributed by atoms with Gasteiger partial charge in [0, 0.05) is 24.2 Å². The van der Waals surface area contributed by atoms with Gasteiger partial charge in [0.2, 0.25) is 0 Å². The molecule has 0 fully saturated rings. The van der Waals surface area contributed by atoms with Crippen LogP contribution >= 0.6 is 0 Å². The highest BCUT2D eigenvalue weighted by Crippen LogP contribution is 2.22. The van der Waals surface area contributed by atoms with E-state index in [2.05, 4.69) is 11.1 Å². The average molecular weight is 446 g/mol. The van der Waals surface area contributed by atoms with Gasteiger partial charge in [-0.3, -0.25) is 9.59 Å². The van der Waals surface area contributed by atoms with Crippen molar-refractivity contribution < 1.29 is 18.7 Å². The van der Waals surface area contributed by atoms with Crippen LogP contribution < -0.4 is 4.90 Å². The van der Waals surface area contributed by atoms with Crippen molar-refractivity contribution >= 4 is 17.6 Å². The van der Waals surface area contributed by atoms with Crippen molar-refractivity contribution in [3.8, 4) is 17.4 Å². The number of carbonyl (C=O) groups excluding carboxylic acids is 2. The number of nitriles is 1. The molecule has 0 aliphatic heterocycles. The molecular formula is C26H27N3O4. The number of nitrogens with zero attached hydrogens (tertiary/aromatic N) is 3. The summed E-state index contributed by atoms with van der Waals surface area (Å²) in [7, 11) is 0. The SMILES string of the molecule is Cc1ccc(-c2cnc(CCC(=O)OCC(=O)N(CCC#N)c3cc(C)cc(C)c3)o2)cc1. The fourth-order valence-corrected chi connectivity index (χ4v) is 3.44. The number of amides is 1. The van der Waals surface area contributed by atoms with Crippen molar-refractivity contribution in [2.45, 2.75) is 40.0 Å². The molecule has 0 radical (unpaired) electrons. The van der Waals surface area contributed by atoms with E-state index in [1.165, 1.54) is 4.90 Å². The maximum absolute atomic E-state index is 12.7. The normalized spacial score (nSPS) is 10.5. The van der Waals surface area contributed by atoms with Gasteiger partial charge < -0.3 is 14.1 Å². The highest BCUT2D eigenvalue weighted by molar-refractivity contribution is 5.95. The molecular weight excluding hydrogens is 418 g/mol. The number of rotatable bonds is 9. The highest BCUT2D eigenvalue weighted by Gasteiger charge is 2.18. The van der Waals surface area contributed by atoms with Crippen LogP contribution in [0, 0.1) is 32.1 Å². The first-order chi connectivity index (χ1) is 15.9. The number of aromatic nitrogens is 1. The second-order valence-electron chi connectivity index (χ2n) is 7.94. The van der Waals surface area contributed by atoms with E-state index in [0.717, 1.165) is 22.3 Å². The maximum atomic E-state index is 12.7. The summed E-state index contributed by atoms with van der Waals surface area (Å²) in [5.41, 5.74) is 4.77. The van der Waals surface area contributed by atoms with E-state index in [4.69, 9.17) is 14.4 Å². The molecule has 7 nitrogen and oxygen atoms in total. The number of anilines is 1. The Morgan fingerprint density at radius 3 is 2.42 bits per heavy atom. The Morgan fingerprint density at radius 2 is 1.76 bits per heavy atom. The van der Waals surface area contributed by atoms with Gasteiger partial charge in [0.1, 0.15) is 0 Å². The highest BCUT2D eigenvalue weighted by atomic mass is 16.5. The first kappa shape index (κ1) is 23.7. The van der Waals surface area contributed by atoms with Gasteiger partial charge in [-0.15, -0.1) is 0 Å². The summed E-state index contributed by atoms with van der Waals surface area (Å²) in [5, 5.41) is 8.95. The number of hydrogen-bond acceptors (Lipinski definition) is 6. The van der Waals surface area contributed by atoms with Crippen molar-refractivity contribution in [3.05, 3.63) is 71.2 Å². The van der Waals surface area contributed by atoms with Crippen LogP contribution in [0.2, 0.25) is 0 Å². The van der Waals surface area contributed by atoms with Crippen LogP contribution in [-0.4, -0.2) is 30.0 Å². The summed E-state index contributed by atoms with van der Waals surface area (Å²) in [4.78, 5) is 30.6. The fourth-order valence-electron chi connectivity index (χ4n) is 3.44. The number of hydrogen-bond donors (Lipinski definition) is 0. The van der Waals surface area contributed by atoms with Crippen molar-refractivity contribution in [1.82, 2.24) is 4.98 Å². The standard InChI is InChI=1S/C26H27N3O4/c1-18-5-7-21(8-6-18)23-16-28-24(33-23)9-10-26(31)32-17-25(30)29(12-4-11-27)22-14-19(2)13-20(3)15-22/h5-8,13-16H,4,9-10,12,17H2,1-3H3. The van der Waals surface area contributed by atoms with E-state index >= 15 is 0 Å². The molecule has 0 atom stereocenters. The minimum Gasteiger partial charge on any atom is -0.456 e. The number of benzene rings is 2. The molecule has 1 aromatic heterocycles. The van der Waals surface area contributed by atoms with Crippen molar-refractivity contribution in [1.29, 1.82) is 5.26 Å². The van der Waals surface area contributed by atoms with Gasteiger partial charge in [-0.1, -0.05) is 35.9 Å². The summed E-state index contributed by atoms with van der Waals surface area (Å²) in [5.74, 6) is 0.176. The predicted octanol–water partition coefficient (Wildman–Crippen LogP) is 4.69. The van der Waals surface area contributed by atoms with E-state index in [0.29, 0.717) is 17.3 Å². The zero-order valence-corrected chi connectivity index (χ0v) is 19.1. The van der Waals surface area contributed by atoms with Crippen LogP contribution in [0.4, 0.5) is 5.69 Å². The molecule has 3 aromatic rings. The molecule has 3 rings (SSSR count). The average Bonchev–Trinajstić information content (AvgIpc) is 3.25. The fraction of sp³-hybridized carbons (Fsp3) is 0.308. The Kier molecular flexibility index (Phi) is 7.98. The number of esters is 1. The Hall–Kier alpha value is -3.92. The maximum Gasteiger partial charge on any atom is 0.306 e. The Morgan fingerprint density at radius 1 is 1.06 bits per heavy atom. The third-order valence-corrected chi connectivity index (χ3v) is 5.06. The Balaban J connectivity index is 1.54. The molecule has 0 aliphatic rings. The van der Waals surface area contributed by atoms with Gasteiger partial charge in [-0.2, -0.15) is 5.26 Å². The minimum absolute atomic E-state index is 0.0445. The van der Waals surface area contributed by atoms with Crippen molar-refractivity contribution in [3.63, 3.8) is 0 Å². The zero-order valence-electron chi connectivity index (χ0n) is 19.1. The monoisotopic (exact) mass is 445 g/mol. The van der Waals surface area contributed by atoms with Crippen LogP contribution in [0.3, 0.4) is 0 Å². The molecule has 0 aliphatic carbocycles. The molecule has 0 bridgehead atoms. The third-order valence-electron chi connectivity index (χ3n) is 5.06. The Labute approximate surface area is 193 Å². The van der Waals surface area contributed by atoms with Gasteiger partial charge in [-0.05, 0) is 44.0 Å². The second kappa shape index (κ2) is 11.1. The summed E-state index contributed by atoms with van der Waals surface area (Å²) in [6, 6.07) is 15.7. The topological polar surface area (TPSA) is 96.4 Å². The van der Waals surface area contributed by atoms with Crippen molar-refractivity contribution in [2.24, 2.45) is 0 Å². The van der Waals surface area contributed by atoms with E-state index in [1.807, 2.05) is 63.2 Å². The van der Waals surface area contributed by atoms with E-state index in [1.54, 1.807) is 6.20 Å². The lowest BCUT2D eigenvalue weighted by atomic mass is 10.1. The van der Waals surface area contributed by atoms with Crippen LogP contribution in [0.15, 0.2) is 53.1 Å². The molecule has 33 heavy (non-hydrogen) atoms. The first-order valence-electron chi connectivity index (χ1n) is 10.8. The summed E-state index contributed by atoms with van der Waals surface area (Å²) in [6.07, 6.45) is 2.13. The molecule has 1 amide bonds. The van der Waals surface area contributed by atoms with Gasteiger partial charge >= 0.3 is 5.97 Å². The quantitative estimate of drug-likeness (QED) is 0.443. The van der Waals surface area contributed by atoms with Crippen LogP contribution in [-0.2, 0) is 20.7 Å². The molecule has 2 aromatic carbocycles. The van der Waals surface area contributed by atoms with Gasteiger partial charge in [-0.25, -0.2) is 4.98 Å². The van der Waals surface area contributed by atoms with E-state index < -0.39 is 12.6 Å². The summed E-state index contributed by atoms with van der Waals surface area (Å²) < 4.78 is 10.9. The Bertz CT molecular complexity index is 1140. The zero-order chi connectivity index (χ0) is 23.8. The first-order valence-corrected chi connectivity index (χ1v) is 10.8. The second-order valence-corrected chi connectivity index (χ2v) is 7.94. The molecule has 0 spiro atoms. The molecule has 0 saturated carbocycles. The lowest BCUT2D eigenvalue weighted by Crippen LogP contribution is -2.35. The van der Waals surface area contributed by atoms with Crippen LogP contribution in [0.25, 0.3) is 11.3 Å². The minimum atomic E-state index is -0.515. The number of ether oxygens (including phenoxy) is 1. The molecule has 0 unspecified atom stereocenters. The molecule has 0 N–H and O–H groups in total. The smallest absolute Gasteiger partial charge is 0.306 e. The molecule has 1 heterocycles. The predicted molar refractivity (Wildman–Crippen MR) is 124 cm³/mol. The van der Waals surface area contributed by atoms with Gasteiger partial charge in [0.05, 0.1) is 25.1 Å². The third kappa shape index (κ3) is 6.78. The number of aryl methyl sites for hydroxylation is 4. The van der Waals surface area contributed by atoms with Crippen molar-refractivity contribution in [2.75, 3.05) is 18.1 Å². The molecule has 0 saturated heterocycles. The number of carbonyl (C=O) groups is 2. The number of oxazole rings is 1. The summed E-state index contributed by atoms with van der Waals surface area (Å²) in [6.45, 7) is 5.73. The summed E-state index contributed by atoms with van der Waals surface area (Å²) >= 11 is 0. The van der Waals surface area contributed by atoms with Gasteiger partial charge in [0.25, 0.3) is 5.91 Å². The lowest BCUT2D eigenvalue weighted by Gasteiger charge is -2.22. The van der Waals surface area contributed by atoms with Crippen LogP contribution in [0.1, 0.15) is 35.4 Å². The molecule has 7 heteroatoms. The lowest BCUT2D eigenvalue weighted by molar-refractivity contribution is -0.147. The molecule has 170 valence electrons. The van der Waals surface area contributed by atoms with E-state index in [-0.39, 0.29) is 31.7 Å². The van der Waals surface area contributed by atoms with Gasteiger partial charge in [0.15, 0.2) is 18.3 Å². The largest absolute Gasteiger partial charge is 0.456 e.